The molecule has 0 saturated heterocycles. The molecular formula is C13H8BrN3O. The first-order valence-electron chi connectivity index (χ1n) is 5.34. The topological polar surface area (TPSA) is 47.3 Å². The predicted molar refractivity (Wildman–Crippen MR) is 71.5 cm³/mol. The molecule has 0 aliphatic rings. The van der Waals surface area contributed by atoms with E-state index in [4.69, 9.17) is 0 Å². The maximum atomic E-state index is 10.7. The van der Waals surface area contributed by atoms with Gasteiger partial charge in [0.25, 0.3) is 0 Å². The number of nitrogens with zero attached hydrogens (tertiary/aromatic N) is 3. The third kappa shape index (κ3) is 1.82. The van der Waals surface area contributed by atoms with Crippen LogP contribution in [0.2, 0.25) is 0 Å². The zero-order valence-corrected chi connectivity index (χ0v) is 10.8. The molecule has 0 spiro atoms. The Morgan fingerprint density at radius 3 is 2.83 bits per heavy atom. The highest BCUT2D eigenvalue weighted by Gasteiger charge is 2.09. The zero-order valence-electron chi connectivity index (χ0n) is 9.25. The van der Waals surface area contributed by atoms with E-state index in [9.17, 15) is 4.79 Å². The van der Waals surface area contributed by atoms with E-state index < -0.39 is 0 Å². The number of hydrogen-bond acceptors (Lipinski definition) is 3. The maximum absolute atomic E-state index is 10.7. The first-order valence-corrected chi connectivity index (χ1v) is 6.14. The smallest absolute Gasteiger partial charge is 0.183 e. The number of hydrogen-bond donors (Lipinski definition) is 0. The second-order valence-corrected chi connectivity index (χ2v) is 4.65. The molecule has 18 heavy (non-hydrogen) atoms. The molecule has 0 amide bonds. The number of aromatic nitrogens is 3. The molecule has 5 heteroatoms. The predicted octanol–water partition coefficient (Wildman–Crippen LogP) is 2.97. The van der Waals surface area contributed by atoms with Crippen LogP contribution in [0.4, 0.5) is 0 Å². The van der Waals surface area contributed by atoms with E-state index in [1.54, 1.807) is 22.8 Å². The molecule has 3 aromatic rings. The van der Waals surface area contributed by atoms with Crippen LogP contribution in [0, 0.1) is 0 Å². The van der Waals surface area contributed by atoms with Crippen LogP contribution in [0.3, 0.4) is 0 Å². The van der Waals surface area contributed by atoms with Crippen LogP contribution < -0.4 is 0 Å². The van der Waals surface area contributed by atoms with Gasteiger partial charge in [0.15, 0.2) is 11.5 Å². The van der Waals surface area contributed by atoms with Crippen molar-refractivity contribution in [1.82, 2.24) is 14.6 Å². The van der Waals surface area contributed by atoms with Crippen molar-refractivity contribution in [2.24, 2.45) is 0 Å². The third-order valence-electron chi connectivity index (χ3n) is 2.61. The normalized spacial score (nSPS) is 10.7. The Hall–Kier alpha value is -2.01. The molecule has 88 valence electrons. The van der Waals surface area contributed by atoms with E-state index in [0.717, 1.165) is 16.3 Å². The fourth-order valence-corrected chi connectivity index (χ4v) is 2.19. The second-order valence-electron chi connectivity index (χ2n) is 3.80. The Morgan fingerprint density at radius 2 is 2.06 bits per heavy atom. The summed E-state index contributed by atoms with van der Waals surface area (Å²) in [6.45, 7) is 0. The van der Waals surface area contributed by atoms with Gasteiger partial charge in [-0.1, -0.05) is 28.1 Å². The molecule has 2 heterocycles. The van der Waals surface area contributed by atoms with Crippen LogP contribution in [-0.2, 0) is 0 Å². The van der Waals surface area contributed by atoms with E-state index >= 15 is 0 Å². The van der Waals surface area contributed by atoms with E-state index in [-0.39, 0.29) is 0 Å². The number of benzene rings is 1. The van der Waals surface area contributed by atoms with Crippen molar-refractivity contribution >= 4 is 27.9 Å². The van der Waals surface area contributed by atoms with Gasteiger partial charge in [-0.2, -0.15) is 0 Å². The molecule has 0 unspecified atom stereocenters. The average molecular weight is 302 g/mol. The SMILES string of the molecule is O=Cc1ccn2nc(-c3ccccc3Br)nc2c1. The first-order chi connectivity index (χ1) is 8.78. The highest BCUT2D eigenvalue weighted by atomic mass is 79.9. The van der Waals surface area contributed by atoms with Crippen LogP contribution >= 0.6 is 15.9 Å². The minimum atomic E-state index is 0.591. The molecule has 0 radical (unpaired) electrons. The number of pyridine rings is 1. The van der Waals surface area contributed by atoms with E-state index in [1.165, 1.54) is 0 Å². The Bertz CT molecular complexity index is 736. The van der Waals surface area contributed by atoms with Crippen LogP contribution in [0.25, 0.3) is 17.0 Å². The van der Waals surface area contributed by atoms with Crippen molar-refractivity contribution < 1.29 is 4.79 Å². The van der Waals surface area contributed by atoms with Crippen LogP contribution in [-0.4, -0.2) is 20.9 Å². The van der Waals surface area contributed by atoms with Crippen molar-refractivity contribution in [3.8, 4) is 11.4 Å². The van der Waals surface area contributed by atoms with Crippen LogP contribution in [0.15, 0.2) is 47.1 Å². The summed E-state index contributed by atoms with van der Waals surface area (Å²) in [6, 6.07) is 11.2. The van der Waals surface area contributed by atoms with Crippen LogP contribution in [0.5, 0.6) is 0 Å². The minimum absolute atomic E-state index is 0.591. The molecule has 1 aromatic carbocycles. The lowest BCUT2D eigenvalue weighted by Gasteiger charge is -1.96. The zero-order chi connectivity index (χ0) is 12.5. The standard InChI is InChI=1S/C13H8BrN3O/c14-11-4-2-1-3-10(11)13-15-12-7-9(8-18)5-6-17(12)16-13/h1-8H. The summed E-state index contributed by atoms with van der Waals surface area (Å²) in [5.74, 6) is 0.630. The quantitative estimate of drug-likeness (QED) is 0.684. The van der Waals surface area contributed by atoms with Gasteiger partial charge in [0.2, 0.25) is 0 Å². The summed E-state index contributed by atoms with van der Waals surface area (Å²) >= 11 is 3.47. The van der Waals surface area contributed by atoms with E-state index in [0.29, 0.717) is 17.0 Å². The van der Waals surface area contributed by atoms with Gasteiger partial charge in [-0.25, -0.2) is 9.50 Å². The lowest BCUT2D eigenvalue weighted by atomic mass is 10.2. The lowest BCUT2D eigenvalue weighted by molar-refractivity contribution is 0.112. The van der Waals surface area contributed by atoms with Gasteiger partial charge in [0.05, 0.1) is 0 Å². The van der Waals surface area contributed by atoms with Gasteiger partial charge in [-0.05, 0) is 24.3 Å². The maximum Gasteiger partial charge on any atom is 0.183 e. The molecular weight excluding hydrogens is 294 g/mol. The summed E-state index contributed by atoms with van der Waals surface area (Å²) in [5.41, 5.74) is 2.17. The van der Waals surface area contributed by atoms with Gasteiger partial charge < -0.3 is 0 Å². The summed E-state index contributed by atoms with van der Waals surface area (Å²) < 4.78 is 2.60. The molecule has 3 rings (SSSR count). The van der Waals surface area contributed by atoms with E-state index in [1.807, 2.05) is 24.3 Å². The number of aldehydes is 1. The van der Waals surface area contributed by atoms with Crippen molar-refractivity contribution in [3.63, 3.8) is 0 Å². The van der Waals surface area contributed by atoms with Crippen molar-refractivity contribution in [3.05, 3.63) is 52.6 Å². The lowest BCUT2D eigenvalue weighted by Crippen LogP contribution is -1.88. The number of halogens is 1. The van der Waals surface area contributed by atoms with Crippen molar-refractivity contribution in [2.75, 3.05) is 0 Å². The van der Waals surface area contributed by atoms with Gasteiger partial charge in [0.1, 0.15) is 6.29 Å². The van der Waals surface area contributed by atoms with Gasteiger partial charge in [0, 0.05) is 21.8 Å². The highest BCUT2D eigenvalue weighted by molar-refractivity contribution is 9.10. The molecule has 0 fully saturated rings. The minimum Gasteiger partial charge on any atom is -0.298 e. The van der Waals surface area contributed by atoms with Gasteiger partial charge in [-0.3, -0.25) is 4.79 Å². The Labute approximate surface area is 111 Å². The number of fused-ring (bicyclic) bond motifs is 1. The van der Waals surface area contributed by atoms with Crippen molar-refractivity contribution in [2.45, 2.75) is 0 Å². The number of carbonyl (C=O) groups excluding carboxylic acids is 1. The average Bonchev–Trinajstić information content (AvgIpc) is 2.81. The fraction of sp³-hybridized carbons (Fsp3) is 0. The van der Waals surface area contributed by atoms with Gasteiger partial charge >= 0.3 is 0 Å². The summed E-state index contributed by atoms with van der Waals surface area (Å²) in [4.78, 5) is 15.1. The summed E-state index contributed by atoms with van der Waals surface area (Å²) in [6.07, 6.45) is 2.53. The summed E-state index contributed by atoms with van der Waals surface area (Å²) in [7, 11) is 0. The van der Waals surface area contributed by atoms with Gasteiger partial charge in [-0.15, -0.1) is 5.10 Å². The fourth-order valence-electron chi connectivity index (χ4n) is 1.73. The third-order valence-corrected chi connectivity index (χ3v) is 3.30. The monoisotopic (exact) mass is 301 g/mol. The molecule has 0 atom stereocenters. The van der Waals surface area contributed by atoms with Crippen molar-refractivity contribution in [1.29, 1.82) is 0 Å². The number of rotatable bonds is 2. The molecule has 0 bridgehead atoms. The Balaban J connectivity index is 2.19. The molecule has 0 saturated carbocycles. The molecule has 0 N–H and O–H groups in total. The molecule has 2 aromatic heterocycles. The Kier molecular flexibility index (Phi) is 2.68. The first kappa shape index (κ1) is 11.1. The molecule has 0 aliphatic heterocycles. The Morgan fingerprint density at radius 1 is 1.22 bits per heavy atom. The summed E-state index contributed by atoms with van der Waals surface area (Å²) in [5, 5.41) is 4.38. The number of carbonyl (C=O) groups is 1. The highest BCUT2D eigenvalue weighted by Crippen LogP contribution is 2.25. The molecule has 0 aliphatic carbocycles. The largest absolute Gasteiger partial charge is 0.298 e. The van der Waals surface area contributed by atoms with Crippen LogP contribution in [0.1, 0.15) is 10.4 Å². The molecule has 4 nitrogen and oxygen atoms in total. The second kappa shape index (κ2) is 4.34. The van der Waals surface area contributed by atoms with E-state index in [2.05, 4.69) is 26.0 Å².